The van der Waals surface area contributed by atoms with Crippen LogP contribution in [-0.2, 0) is 35.2 Å². The molecule has 1 heterocycles. The zero-order chi connectivity index (χ0) is 46.6. The highest BCUT2D eigenvalue weighted by atomic mass is 16.4. The maximum absolute atomic E-state index is 13.9. The smallest absolute Gasteiger partial charge is 0.326 e. The molecule has 63 heavy (non-hydrogen) atoms. The average Bonchev–Trinajstić information content (AvgIpc) is 3.24. The van der Waals surface area contributed by atoms with Crippen molar-refractivity contribution in [2.45, 2.75) is 141 Å². The normalized spacial score (nSPS) is 17.2. The summed E-state index contributed by atoms with van der Waals surface area (Å²) in [5, 5.41) is 43.5. The van der Waals surface area contributed by atoms with Crippen LogP contribution in [0.2, 0.25) is 0 Å². The molecule has 1 aliphatic heterocycles. The van der Waals surface area contributed by atoms with E-state index in [4.69, 9.17) is 0 Å². The number of hydrogen-bond donors (Lipinski definition) is 8. The molecule has 0 saturated carbocycles. The van der Waals surface area contributed by atoms with Gasteiger partial charge >= 0.3 is 12.0 Å². The number of amides is 7. The number of fused-ring (bicyclic) bond motifs is 5. The number of urea groups is 1. The SMILES string of the molecule is CCCCCCCCCCCCCCNC(=O)N(C)[C@H](CO)C(=O)N[C@H](C)C(=O)NCC(=O)N(C)[C@@H]1C(=O)N[C@@H](C)C(=O)N[C@H](C(=O)O)Cc2ccc(O)c(c2)-c2cc1ccc2C. The van der Waals surface area contributed by atoms with Crippen molar-refractivity contribution in [3.63, 3.8) is 0 Å². The fraction of sp³-hybridized carbons (Fsp3) is 0.587. The van der Waals surface area contributed by atoms with Gasteiger partial charge in [-0.15, -0.1) is 0 Å². The first kappa shape index (κ1) is 51.6. The van der Waals surface area contributed by atoms with E-state index < -0.39 is 84.9 Å². The second kappa shape index (κ2) is 26.0. The second-order valence-corrected chi connectivity index (χ2v) is 16.5. The van der Waals surface area contributed by atoms with Crippen LogP contribution in [0.15, 0.2) is 36.4 Å². The van der Waals surface area contributed by atoms with Gasteiger partial charge in [0.05, 0.1) is 13.2 Å². The summed E-state index contributed by atoms with van der Waals surface area (Å²) >= 11 is 0. The Balaban J connectivity index is 1.60. The van der Waals surface area contributed by atoms with E-state index in [0.29, 0.717) is 34.4 Å². The van der Waals surface area contributed by atoms with Crippen molar-refractivity contribution in [3.8, 4) is 16.9 Å². The van der Waals surface area contributed by atoms with Crippen molar-refractivity contribution in [2.24, 2.45) is 0 Å². The molecule has 0 radical (unpaired) electrons. The Bertz CT molecular complexity index is 1890. The Labute approximate surface area is 371 Å². The van der Waals surface area contributed by atoms with Crippen molar-refractivity contribution in [1.82, 2.24) is 36.4 Å². The van der Waals surface area contributed by atoms with E-state index in [-0.39, 0.29) is 12.2 Å². The number of carbonyl (C=O) groups is 7. The minimum atomic E-state index is -1.36. The molecule has 0 saturated heterocycles. The molecule has 0 aromatic heterocycles. The third kappa shape index (κ3) is 15.9. The highest BCUT2D eigenvalue weighted by molar-refractivity contribution is 5.96. The van der Waals surface area contributed by atoms with Crippen LogP contribution in [0.1, 0.15) is 121 Å². The second-order valence-electron chi connectivity index (χ2n) is 16.5. The molecule has 0 spiro atoms. The minimum Gasteiger partial charge on any atom is -0.507 e. The van der Waals surface area contributed by atoms with Gasteiger partial charge < -0.3 is 51.7 Å². The zero-order valence-corrected chi connectivity index (χ0v) is 37.8. The highest BCUT2D eigenvalue weighted by Crippen LogP contribution is 2.35. The van der Waals surface area contributed by atoms with Gasteiger partial charge in [0.15, 0.2) is 0 Å². The number of aromatic hydroxyl groups is 1. The summed E-state index contributed by atoms with van der Waals surface area (Å²) in [5.74, 6) is -5.26. The maximum Gasteiger partial charge on any atom is 0.326 e. The van der Waals surface area contributed by atoms with Gasteiger partial charge in [-0.25, -0.2) is 9.59 Å². The van der Waals surface area contributed by atoms with E-state index in [1.54, 1.807) is 37.3 Å². The third-order valence-electron chi connectivity index (χ3n) is 11.5. The van der Waals surface area contributed by atoms with Crippen LogP contribution in [0.25, 0.3) is 11.1 Å². The fourth-order valence-corrected chi connectivity index (χ4v) is 7.44. The number of aliphatic hydroxyl groups excluding tert-OH is 1. The molecule has 2 aromatic rings. The first-order chi connectivity index (χ1) is 30.0. The number of nitrogens with zero attached hydrogens (tertiary/aromatic N) is 2. The van der Waals surface area contributed by atoms with Crippen molar-refractivity contribution < 1.29 is 48.9 Å². The number of hydrogen-bond acceptors (Lipinski definition) is 9. The molecule has 4 bridgehead atoms. The standard InChI is InChI=1S/C46H69N7O10/c1-7-8-9-10-11-12-13-14-15-16-17-18-23-47-46(63)52(5)37(28-54)43(59)49-30(3)41(57)48-27-39(56)53(6)40-33-21-19-29(2)34(26-33)35-24-32(20-22-38(35)55)25-36(45(61)62)51-42(58)31(4)50-44(40)60/h19-22,24,26,30-31,36-37,40,54-55H,7-18,23,25,27-28H2,1-6H3,(H,47,63)(H,48,57)(H,49,59)(H,50,60)(H,51,58)(H,61,62)/t30-,31+,36+,37-,40+/m1/s1. The number of aliphatic hydroxyl groups is 1. The molecule has 0 unspecified atom stereocenters. The van der Waals surface area contributed by atoms with E-state index in [0.717, 1.165) is 35.5 Å². The van der Waals surface area contributed by atoms with Gasteiger partial charge in [-0.3, -0.25) is 24.0 Å². The van der Waals surface area contributed by atoms with Gasteiger partial charge in [-0.1, -0.05) is 95.8 Å². The Hall–Kier alpha value is -5.71. The third-order valence-corrected chi connectivity index (χ3v) is 11.5. The van der Waals surface area contributed by atoms with Crippen LogP contribution in [-0.4, -0.2) is 125 Å². The molecule has 17 heteroatoms. The number of carbonyl (C=O) groups excluding carboxylic acids is 6. The summed E-state index contributed by atoms with van der Waals surface area (Å²) in [6, 6.07) is 2.53. The number of aryl methyl sites for hydroxylation is 1. The van der Waals surface area contributed by atoms with Crippen LogP contribution in [0.3, 0.4) is 0 Å². The van der Waals surface area contributed by atoms with E-state index in [1.807, 2.05) is 0 Å². The van der Waals surface area contributed by atoms with Crippen LogP contribution < -0.4 is 26.6 Å². The Morgan fingerprint density at radius 2 is 1.43 bits per heavy atom. The quantitative estimate of drug-likeness (QED) is 0.0795. The molecular formula is C46H69N7O10. The molecule has 0 fully saturated rings. The number of benzene rings is 2. The zero-order valence-electron chi connectivity index (χ0n) is 37.8. The topological polar surface area (TPSA) is 247 Å². The van der Waals surface area contributed by atoms with Gasteiger partial charge in [0.25, 0.3) is 0 Å². The van der Waals surface area contributed by atoms with Crippen molar-refractivity contribution >= 4 is 41.5 Å². The molecule has 5 atom stereocenters. The van der Waals surface area contributed by atoms with Gasteiger partial charge in [0.2, 0.25) is 29.5 Å². The van der Waals surface area contributed by atoms with E-state index in [9.17, 15) is 48.9 Å². The summed E-state index contributed by atoms with van der Waals surface area (Å²) in [6.07, 6.45) is 14.1. The number of carboxylic acid groups (broad SMARTS) is 1. The number of nitrogens with one attached hydrogen (secondary N) is 5. The summed E-state index contributed by atoms with van der Waals surface area (Å²) in [5.41, 5.74) is 2.38. The molecule has 3 rings (SSSR count). The van der Waals surface area contributed by atoms with Crippen LogP contribution in [0, 0.1) is 6.92 Å². The van der Waals surface area contributed by atoms with Crippen molar-refractivity contribution in [3.05, 3.63) is 53.1 Å². The van der Waals surface area contributed by atoms with E-state index >= 15 is 0 Å². The molecule has 2 aromatic carbocycles. The predicted molar refractivity (Wildman–Crippen MR) is 238 cm³/mol. The predicted octanol–water partition coefficient (Wildman–Crippen LogP) is 3.82. The molecule has 8 N–H and O–H groups in total. The summed E-state index contributed by atoms with van der Waals surface area (Å²) < 4.78 is 0. The molecule has 17 nitrogen and oxygen atoms in total. The van der Waals surface area contributed by atoms with Gasteiger partial charge in [0, 0.05) is 32.6 Å². The van der Waals surface area contributed by atoms with Gasteiger partial charge in [-0.05, 0) is 67.6 Å². The van der Waals surface area contributed by atoms with Crippen LogP contribution in [0.5, 0.6) is 5.75 Å². The van der Waals surface area contributed by atoms with Crippen LogP contribution in [0.4, 0.5) is 4.79 Å². The molecule has 1 aliphatic rings. The number of aliphatic carboxylic acids is 1. The number of likely N-dealkylation sites (N-methyl/N-ethyl adjacent to an activating group) is 2. The lowest BCUT2D eigenvalue weighted by molar-refractivity contribution is -0.143. The highest BCUT2D eigenvalue weighted by Gasteiger charge is 2.34. The summed E-state index contributed by atoms with van der Waals surface area (Å²) in [4.78, 5) is 94.0. The summed E-state index contributed by atoms with van der Waals surface area (Å²) in [7, 11) is 2.70. The number of phenolic OH excluding ortho intramolecular Hbond substituents is 1. The van der Waals surface area contributed by atoms with E-state index in [1.165, 1.54) is 85.4 Å². The van der Waals surface area contributed by atoms with Crippen molar-refractivity contribution in [2.75, 3.05) is 33.8 Å². The number of phenols is 1. The van der Waals surface area contributed by atoms with Gasteiger partial charge in [-0.2, -0.15) is 0 Å². The van der Waals surface area contributed by atoms with Crippen LogP contribution >= 0.6 is 0 Å². The Morgan fingerprint density at radius 1 is 0.810 bits per heavy atom. The van der Waals surface area contributed by atoms with Crippen molar-refractivity contribution in [1.29, 1.82) is 0 Å². The van der Waals surface area contributed by atoms with E-state index in [2.05, 4.69) is 33.5 Å². The number of rotatable bonds is 22. The average molecular weight is 880 g/mol. The van der Waals surface area contributed by atoms with Gasteiger partial charge in [0.1, 0.15) is 36.0 Å². The number of unbranched alkanes of at least 4 members (excludes halogenated alkanes) is 11. The molecule has 0 aliphatic carbocycles. The maximum atomic E-state index is 13.9. The first-order valence-corrected chi connectivity index (χ1v) is 22.2. The number of carboxylic acids is 1. The largest absolute Gasteiger partial charge is 0.507 e. The fourth-order valence-electron chi connectivity index (χ4n) is 7.44. The Kier molecular flexibility index (Phi) is 21.3. The molecule has 7 amide bonds. The summed E-state index contributed by atoms with van der Waals surface area (Å²) in [6.45, 7) is 5.84. The molecule has 348 valence electrons. The Morgan fingerprint density at radius 3 is 2.03 bits per heavy atom. The minimum absolute atomic E-state index is 0.0998. The molecular weight excluding hydrogens is 811 g/mol. The lowest BCUT2D eigenvalue weighted by Crippen LogP contribution is -2.56. The monoisotopic (exact) mass is 880 g/mol. The lowest BCUT2D eigenvalue weighted by atomic mass is 9.92. The lowest BCUT2D eigenvalue weighted by Gasteiger charge is -2.30. The first-order valence-electron chi connectivity index (χ1n) is 22.2.